The lowest BCUT2D eigenvalue weighted by atomic mass is 10.1. The Hall–Kier alpha value is -1.07. The topological polar surface area (TPSA) is 60.4 Å². The minimum atomic E-state index is -3.68. The highest BCUT2D eigenvalue weighted by molar-refractivity contribution is 8.13. The van der Waals surface area contributed by atoms with Crippen LogP contribution in [0, 0.1) is 5.92 Å². The van der Waals surface area contributed by atoms with Crippen molar-refractivity contribution in [3.05, 3.63) is 29.8 Å². The predicted molar refractivity (Wildman–Crippen MR) is 71.5 cm³/mol. The van der Waals surface area contributed by atoms with Crippen molar-refractivity contribution in [1.29, 1.82) is 0 Å². The van der Waals surface area contributed by atoms with Crippen LogP contribution in [0.3, 0.4) is 0 Å². The molecule has 0 amide bonds. The van der Waals surface area contributed by atoms with Crippen LogP contribution in [0.15, 0.2) is 29.2 Å². The highest BCUT2D eigenvalue weighted by Gasteiger charge is 2.22. The fourth-order valence-corrected chi connectivity index (χ4v) is 2.40. The van der Waals surface area contributed by atoms with E-state index in [2.05, 4.69) is 0 Å². The molecule has 104 valence electrons. The fraction of sp³-hybridized carbons (Fsp3) is 0.462. The molecule has 19 heavy (non-hydrogen) atoms. The number of benzene rings is 1. The molecular formula is C13H15ClO4S. The molecule has 0 radical (unpaired) electrons. The smallest absolute Gasteiger partial charge is 0.306 e. The van der Waals surface area contributed by atoms with Crippen LogP contribution in [-0.2, 0) is 25.0 Å². The number of hydrogen-bond donors (Lipinski definition) is 0. The Balaban J connectivity index is 1.80. The number of rotatable bonds is 6. The fourth-order valence-electron chi connectivity index (χ4n) is 1.63. The van der Waals surface area contributed by atoms with Crippen LogP contribution in [0.1, 0.15) is 24.8 Å². The molecule has 0 aliphatic heterocycles. The minimum Gasteiger partial charge on any atom is -0.465 e. The summed E-state index contributed by atoms with van der Waals surface area (Å²) in [5.74, 6) is 0.359. The van der Waals surface area contributed by atoms with E-state index >= 15 is 0 Å². The van der Waals surface area contributed by atoms with Crippen LogP contribution in [0.25, 0.3) is 0 Å². The number of esters is 1. The average molecular weight is 303 g/mol. The molecule has 4 nitrogen and oxygen atoms in total. The molecule has 1 saturated carbocycles. The molecule has 1 aromatic rings. The quantitative estimate of drug-likeness (QED) is 0.598. The van der Waals surface area contributed by atoms with E-state index in [1.807, 2.05) is 0 Å². The lowest BCUT2D eigenvalue weighted by Crippen LogP contribution is -2.08. The Labute approximate surface area is 117 Å². The minimum absolute atomic E-state index is 0.0641. The normalized spacial score (nSPS) is 15.2. The number of carbonyl (C=O) groups is 1. The van der Waals surface area contributed by atoms with Gasteiger partial charge >= 0.3 is 5.97 Å². The van der Waals surface area contributed by atoms with Crippen molar-refractivity contribution < 1.29 is 17.9 Å². The zero-order chi connectivity index (χ0) is 13.9. The summed E-state index contributed by atoms with van der Waals surface area (Å²) in [6, 6.07) is 6.19. The Morgan fingerprint density at radius 1 is 1.26 bits per heavy atom. The zero-order valence-corrected chi connectivity index (χ0v) is 11.9. The first-order valence-electron chi connectivity index (χ1n) is 6.14. The standard InChI is InChI=1S/C13H15ClO4S/c14-19(16,17)12-6-3-10(4-7-12)5-8-13(15)18-9-11-1-2-11/h3-4,6-7,11H,1-2,5,8-9H2. The summed E-state index contributed by atoms with van der Waals surface area (Å²) < 4.78 is 27.2. The third kappa shape index (κ3) is 4.84. The first-order valence-corrected chi connectivity index (χ1v) is 8.45. The van der Waals surface area contributed by atoms with E-state index in [0.717, 1.165) is 18.4 Å². The Morgan fingerprint density at radius 2 is 1.89 bits per heavy atom. The molecule has 0 unspecified atom stereocenters. The van der Waals surface area contributed by atoms with Crippen LogP contribution in [-0.4, -0.2) is 21.0 Å². The molecule has 0 bridgehead atoms. The molecule has 1 aliphatic carbocycles. The second kappa shape index (κ2) is 5.92. The Bertz CT molecular complexity index is 547. The summed E-state index contributed by atoms with van der Waals surface area (Å²) in [6.45, 7) is 0.530. The second-order valence-corrected chi connectivity index (χ2v) is 7.27. The lowest BCUT2D eigenvalue weighted by molar-refractivity contribution is -0.144. The van der Waals surface area contributed by atoms with Crippen LogP contribution >= 0.6 is 10.7 Å². The molecule has 0 saturated heterocycles. The second-order valence-electron chi connectivity index (χ2n) is 4.71. The van der Waals surface area contributed by atoms with Crippen molar-refractivity contribution in [2.24, 2.45) is 5.92 Å². The van der Waals surface area contributed by atoms with E-state index in [1.54, 1.807) is 12.1 Å². The van der Waals surface area contributed by atoms with Gasteiger partial charge in [0.1, 0.15) is 0 Å². The largest absolute Gasteiger partial charge is 0.465 e. The molecule has 1 fully saturated rings. The molecule has 1 aliphatic rings. The van der Waals surface area contributed by atoms with Gasteiger partial charge in [-0.05, 0) is 42.9 Å². The number of aryl methyl sites for hydroxylation is 1. The maximum absolute atomic E-state index is 11.4. The molecule has 1 aromatic carbocycles. The van der Waals surface area contributed by atoms with Gasteiger partial charge in [-0.15, -0.1) is 0 Å². The van der Waals surface area contributed by atoms with Gasteiger partial charge in [-0.1, -0.05) is 12.1 Å². The van der Waals surface area contributed by atoms with Crippen molar-refractivity contribution in [3.63, 3.8) is 0 Å². The molecule has 0 heterocycles. The van der Waals surface area contributed by atoms with Gasteiger partial charge in [0.05, 0.1) is 11.5 Å². The van der Waals surface area contributed by atoms with E-state index < -0.39 is 9.05 Å². The molecule has 2 rings (SSSR count). The van der Waals surface area contributed by atoms with Crippen molar-refractivity contribution in [1.82, 2.24) is 0 Å². The van der Waals surface area contributed by atoms with E-state index in [9.17, 15) is 13.2 Å². The lowest BCUT2D eigenvalue weighted by Gasteiger charge is -2.04. The maximum atomic E-state index is 11.4. The summed E-state index contributed by atoms with van der Waals surface area (Å²) in [5, 5.41) is 0. The van der Waals surface area contributed by atoms with E-state index in [0.29, 0.717) is 25.4 Å². The summed E-state index contributed by atoms with van der Waals surface area (Å²) in [7, 11) is 1.53. The molecule has 0 spiro atoms. The van der Waals surface area contributed by atoms with Gasteiger partial charge in [-0.3, -0.25) is 4.79 Å². The molecule has 0 atom stereocenters. The van der Waals surface area contributed by atoms with Gasteiger partial charge in [-0.2, -0.15) is 0 Å². The van der Waals surface area contributed by atoms with Crippen LogP contribution in [0.5, 0.6) is 0 Å². The number of halogens is 1. The first kappa shape index (κ1) is 14.3. The van der Waals surface area contributed by atoms with Gasteiger partial charge < -0.3 is 4.74 Å². The summed E-state index contributed by atoms with van der Waals surface area (Å²) in [4.78, 5) is 11.5. The molecular weight excluding hydrogens is 288 g/mol. The SMILES string of the molecule is O=C(CCc1ccc(S(=O)(=O)Cl)cc1)OCC1CC1. The van der Waals surface area contributed by atoms with Crippen LogP contribution in [0.2, 0.25) is 0 Å². The van der Waals surface area contributed by atoms with Gasteiger partial charge in [0.25, 0.3) is 9.05 Å². The number of ether oxygens (including phenoxy) is 1. The van der Waals surface area contributed by atoms with Gasteiger partial charge in [0.2, 0.25) is 0 Å². The summed E-state index contributed by atoms with van der Waals surface area (Å²) >= 11 is 0. The highest BCUT2D eigenvalue weighted by atomic mass is 35.7. The third-order valence-corrected chi connectivity index (χ3v) is 4.37. The summed E-state index contributed by atoms with van der Waals surface area (Å²) in [5.41, 5.74) is 0.882. The number of carbonyl (C=O) groups excluding carboxylic acids is 1. The van der Waals surface area contributed by atoms with E-state index in [-0.39, 0.29) is 10.9 Å². The van der Waals surface area contributed by atoms with Crippen molar-refractivity contribution >= 4 is 25.7 Å². The first-order chi connectivity index (χ1) is 8.95. The summed E-state index contributed by atoms with van der Waals surface area (Å²) in [6.07, 6.45) is 3.15. The van der Waals surface area contributed by atoms with Crippen LogP contribution in [0.4, 0.5) is 0 Å². The maximum Gasteiger partial charge on any atom is 0.306 e. The molecule has 0 N–H and O–H groups in total. The third-order valence-electron chi connectivity index (χ3n) is 3.00. The monoisotopic (exact) mass is 302 g/mol. The van der Waals surface area contributed by atoms with Crippen LogP contribution < -0.4 is 0 Å². The highest BCUT2D eigenvalue weighted by Crippen LogP contribution is 2.28. The van der Waals surface area contributed by atoms with E-state index in [4.69, 9.17) is 15.4 Å². The molecule has 0 aromatic heterocycles. The van der Waals surface area contributed by atoms with Crippen molar-refractivity contribution in [2.75, 3.05) is 6.61 Å². The Morgan fingerprint density at radius 3 is 2.42 bits per heavy atom. The van der Waals surface area contributed by atoms with Gasteiger partial charge in [0, 0.05) is 17.1 Å². The van der Waals surface area contributed by atoms with Crippen molar-refractivity contribution in [2.45, 2.75) is 30.6 Å². The number of hydrogen-bond acceptors (Lipinski definition) is 4. The molecule has 6 heteroatoms. The zero-order valence-electron chi connectivity index (χ0n) is 10.3. The van der Waals surface area contributed by atoms with Gasteiger partial charge in [-0.25, -0.2) is 8.42 Å². The van der Waals surface area contributed by atoms with Crippen molar-refractivity contribution in [3.8, 4) is 0 Å². The predicted octanol–water partition coefficient (Wildman–Crippen LogP) is 2.50. The van der Waals surface area contributed by atoms with Gasteiger partial charge in [0.15, 0.2) is 0 Å². The van der Waals surface area contributed by atoms with E-state index in [1.165, 1.54) is 12.1 Å². The Kier molecular flexibility index (Phi) is 4.47. The average Bonchev–Trinajstić information content (AvgIpc) is 3.17.